The van der Waals surface area contributed by atoms with Gasteiger partial charge >= 0.3 is 0 Å². The Morgan fingerprint density at radius 2 is 1.89 bits per heavy atom. The molecular formula is C22H14ClFO3. The van der Waals surface area contributed by atoms with E-state index in [0.29, 0.717) is 27.6 Å². The Kier molecular flexibility index (Phi) is 4.65. The van der Waals surface area contributed by atoms with Gasteiger partial charge in [0, 0.05) is 16.7 Å². The van der Waals surface area contributed by atoms with E-state index in [0.717, 1.165) is 5.56 Å². The van der Waals surface area contributed by atoms with E-state index in [1.54, 1.807) is 60.7 Å². The number of carbonyl (C=O) groups excluding carboxylic acids is 1. The third-order valence-corrected chi connectivity index (χ3v) is 4.38. The van der Waals surface area contributed by atoms with E-state index < -0.39 is 0 Å². The highest BCUT2D eigenvalue weighted by Gasteiger charge is 2.27. The van der Waals surface area contributed by atoms with Crippen molar-refractivity contribution in [2.45, 2.75) is 6.61 Å². The fourth-order valence-electron chi connectivity index (χ4n) is 2.78. The Balaban J connectivity index is 1.53. The van der Waals surface area contributed by atoms with E-state index in [-0.39, 0.29) is 24.0 Å². The summed E-state index contributed by atoms with van der Waals surface area (Å²) in [6.07, 6.45) is 1.65. The Labute approximate surface area is 160 Å². The van der Waals surface area contributed by atoms with Gasteiger partial charge in [-0.05, 0) is 42.0 Å². The normalized spacial score (nSPS) is 14.1. The Hall–Kier alpha value is -3.11. The maximum Gasteiger partial charge on any atom is 0.231 e. The van der Waals surface area contributed by atoms with Crippen LogP contribution >= 0.6 is 11.6 Å². The van der Waals surface area contributed by atoms with Crippen LogP contribution in [0, 0.1) is 5.82 Å². The summed E-state index contributed by atoms with van der Waals surface area (Å²) in [5.74, 6) is 0.606. The predicted octanol–water partition coefficient (Wildman–Crippen LogP) is 5.67. The molecule has 0 atom stereocenters. The van der Waals surface area contributed by atoms with Crippen molar-refractivity contribution in [3.05, 3.63) is 100 Å². The fourth-order valence-corrected chi connectivity index (χ4v) is 2.98. The second-order valence-corrected chi connectivity index (χ2v) is 6.47. The molecule has 0 fully saturated rings. The summed E-state index contributed by atoms with van der Waals surface area (Å²) in [5.41, 5.74) is 1.69. The van der Waals surface area contributed by atoms with Gasteiger partial charge in [-0.15, -0.1) is 0 Å². The first kappa shape index (κ1) is 17.3. The van der Waals surface area contributed by atoms with Gasteiger partial charge in [0.05, 0.1) is 5.56 Å². The van der Waals surface area contributed by atoms with Crippen molar-refractivity contribution in [1.82, 2.24) is 0 Å². The summed E-state index contributed by atoms with van der Waals surface area (Å²) in [4.78, 5) is 12.5. The number of allylic oxidation sites excluding steroid dienone is 1. The molecule has 3 aromatic rings. The molecule has 0 saturated heterocycles. The fraction of sp³-hybridized carbons (Fsp3) is 0.0455. The zero-order valence-electron chi connectivity index (χ0n) is 14.1. The molecule has 1 heterocycles. The lowest BCUT2D eigenvalue weighted by atomic mass is 10.1. The lowest BCUT2D eigenvalue weighted by Crippen LogP contribution is -1.98. The van der Waals surface area contributed by atoms with E-state index in [4.69, 9.17) is 21.1 Å². The molecule has 0 radical (unpaired) electrons. The first-order valence-electron chi connectivity index (χ1n) is 8.30. The monoisotopic (exact) mass is 380 g/mol. The largest absolute Gasteiger partial charge is 0.489 e. The summed E-state index contributed by atoms with van der Waals surface area (Å²) in [7, 11) is 0. The molecule has 0 aliphatic carbocycles. The number of ether oxygens (including phenoxy) is 2. The van der Waals surface area contributed by atoms with Crippen LogP contribution in [0.4, 0.5) is 4.39 Å². The van der Waals surface area contributed by atoms with Crippen LogP contribution in [-0.4, -0.2) is 5.78 Å². The standard InChI is InChI=1S/C22H14ClFO3/c23-16-6-3-4-14(10-16)11-21-22(25)18-9-8-17(12-20(18)27-21)26-13-15-5-1-2-7-19(15)24/h1-12H,13H2. The highest BCUT2D eigenvalue weighted by Crippen LogP contribution is 2.35. The number of benzene rings is 3. The minimum Gasteiger partial charge on any atom is -0.489 e. The van der Waals surface area contributed by atoms with Gasteiger partial charge in [0.1, 0.15) is 23.9 Å². The molecule has 0 saturated carbocycles. The quantitative estimate of drug-likeness (QED) is 0.547. The molecule has 0 amide bonds. The molecule has 3 aromatic carbocycles. The van der Waals surface area contributed by atoms with Crippen molar-refractivity contribution in [2.75, 3.05) is 0 Å². The third-order valence-electron chi connectivity index (χ3n) is 4.14. The highest BCUT2D eigenvalue weighted by atomic mass is 35.5. The van der Waals surface area contributed by atoms with Crippen molar-refractivity contribution in [1.29, 1.82) is 0 Å². The van der Waals surface area contributed by atoms with Gasteiger partial charge in [0.2, 0.25) is 5.78 Å². The molecule has 1 aliphatic heterocycles. The molecule has 134 valence electrons. The first-order valence-corrected chi connectivity index (χ1v) is 8.68. The van der Waals surface area contributed by atoms with Crippen LogP contribution in [0.25, 0.3) is 6.08 Å². The first-order chi connectivity index (χ1) is 13.1. The van der Waals surface area contributed by atoms with Gasteiger partial charge < -0.3 is 9.47 Å². The summed E-state index contributed by atoms with van der Waals surface area (Å²) in [5, 5.41) is 0.580. The average molecular weight is 381 g/mol. The topological polar surface area (TPSA) is 35.5 Å². The summed E-state index contributed by atoms with van der Waals surface area (Å²) < 4.78 is 25.0. The van der Waals surface area contributed by atoms with Crippen LogP contribution in [0.5, 0.6) is 11.5 Å². The van der Waals surface area contributed by atoms with Gasteiger partial charge in [-0.3, -0.25) is 4.79 Å². The van der Waals surface area contributed by atoms with Crippen LogP contribution in [0.2, 0.25) is 5.02 Å². The number of ketones is 1. The van der Waals surface area contributed by atoms with Gasteiger partial charge in [0.15, 0.2) is 5.76 Å². The summed E-state index contributed by atoms with van der Waals surface area (Å²) in [6, 6.07) is 18.5. The minimum atomic E-state index is -0.322. The van der Waals surface area contributed by atoms with Crippen LogP contribution in [-0.2, 0) is 6.61 Å². The lowest BCUT2D eigenvalue weighted by Gasteiger charge is -2.08. The van der Waals surface area contributed by atoms with Crippen LogP contribution in [0.3, 0.4) is 0 Å². The number of carbonyl (C=O) groups is 1. The highest BCUT2D eigenvalue weighted by molar-refractivity contribution is 6.30. The van der Waals surface area contributed by atoms with Gasteiger partial charge in [0.25, 0.3) is 0 Å². The number of hydrogen-bond acceptors (Lipinski definition) is 3. The SMILES string of the molecule is O=C1C(=Cc2cccc(Cl)c2)Oc2cc(OCc3ccccc3F)ccc21. The van der Waals surface area contributed by atoms with E-state index in [1.807, 2.05) is 6.07 Å². The Bertz CT molecular complexity index is 1060. The van der Waals surface area contributed by atoms with Crippen LogP contribution in [0.15, 0.2) is 72.5 Å². The average Bonchev–Trinajstić information content (AvgIpc) is 2.96. The molecule has 0 unspecified atom stereocenters. The molecule has 0 aromatic heterocycles. The van der Waals surface area contributed by atoms with E-state index in [1.165, 1.54) is 6.07 Å². The molecule has 0 spiro atoms. The molecule has 27 heavy (non-hydrogen) atoms. The van der Waals surface area contributed by atoms with Crippen molar-refractivity contribution < 1.29 is 18.7 Å². The van der Waals surface area contributed by atoms with Crippen LogP contribution < -0.4 is 9.47 Å². The van der Waals surface area contributed by atoms with Gasteiger partial charge in [-0.2, -0.15) is 0 Å². The predicted molar refractivity (Wildman–Crippen MR) is 102 cm³/mol. The van der Waals surface area contributed by atoms with E-state index in [2.05, 4.69) is 0 Å². The van der Waals surface area contributed by atoms with Gasteiger partial charge in [-0.25, -0.2) is 4.39 Å². The molecule has 0 N–H and O–H groups in total. The molecule has 5 heteroatoms. The number of rotatable bonds is 4. The second kappa shape index (κ2) is 7.25. The van der Waals surface area contributed by atoms with Crippen molar-refractivity contribution >= 4 is 23.5 Å². The number of fused-ring (bicyclic) bond motifs is 1. The number of hydrogen-bond donors (Lipinski definition) is 0. The maximum absolute atomic E-state index is 13.7. The molecule has 3 nitrogen and oxygen atoms in total. The van der Waals surface area contributed by atoms with Crippen molar-refractivity contribution in [2.24, 2.45) is 0 Å². The lowest BCUT2D eigenvalue weighted by molar-refractivity contribution is 0.101. The zero-order valence-corrected chi connectivity index (χ0v) is 14.9. The maximum atomic E-state index is 13.7. The Morgan fingerprint density at radius 1 is 1.04 bits per heavy atom. The van der Waals surface area contributed by atoms with Gasteiger partial charge in [-0.1, -0.05) is 41.9 Å². The molecule has 1 aliphatic rings. The van der Waals surface area contributed by atoms with Crippen molar-refractivity contribution in [3.63, 3.8) is 0 Å². The smallest absolute Gasteiger partial charge is 0.231 e. The zero-order chi connectivity index (χ0) is 18.8. The molecule has 0 bridgehead atoms. The third kappa shape index (κ3) is 3.71. The minimum absolute atomic E-state index is 0.0879. The second-order valence-electron chi connectivity index (χ2n) is 6.03. The van der Waals surface area contributed by atoms with E-state index >= 15 is 0 Å². The Morgan fingerprint density at radius 3 is 2.70 bits per heavy atom. The molecule has 4 rings (SSSR count). The van der Waals surface area contributed by atoms with Crippen LogP contribution in [0.1, 0.15) is 21.5 Å². The number of Topliss-reactive ketones (excluding diaryl/α,β-unsaturated/α-hetero) is 1. The van der Waals surface area contributed by atoms with Crippen molar-refractivity contribution in [3.8, 4) is 11.5 Å². The summed E-state index contributed by atoms with van der Waals surface area (Å²) in [6.45, 7) is 0.0879. The number of halogens is 2. The summed E-state index contributed by atoms with van der Waals surface area (Å²) >= 11 is 5.97. The molecular weight excluding hydrogens is 367 g/mol. The van der Waals surface area contributed by atoms with E-state index in [9.17, 15) is 9.18 Å².